The molecule has 20 heavy (non-hydrogen) atoms. The second-order valence-electron chi connectivity index (χ2n) is 4.75. The average Bonchev–Trinajstić information content (AvgIpc) is 2.39. The summed E-state index contributed by atoms with van der Waals surface area (Å²) in [6.45, 7) is 9.83. The minimum Gasteiger partial charge on any atom is -0.353 e. The molecule has 108 valence electrons. The number of hydrogen-bond donors (Lipinski definition) is 1. The number of para-hydroxylation sites is 1. The van der Waals surface area contributed by atoms with Crippen molar-refractivity contribution in [2.45, 2.75) is 27.2 Å². The largest absolute Gasteiger partial charge is 0.353 e. The summed E-state index contributed by atoms with van der Waals surface area (Å²) in [5.41, 5.74) is 2.97. The maximum atomic E-state index is 11.9. The Labute approximate surface area is 120 Å². The summed E-state index contributed by atoms with van der Waals surface area (Å²) in [4.78, 5) is 25.2. The second kappa shape index (κ2) is 7.48. The van der Waals surface area contributed by atoms with Gasteiger partial charge >= 0.3 is 0 Å². The van der Waals surface area contributed by atoms with Gasteiger partial charge in [-0.25, -0.2) is 0 Å². The van der Waals surface area contributed by atoms with Gasteiger partial charge in [-0.3, -0.25) is 9.59 Å². The van der Waals surface area contributed by atoms with Gasteiger partial charge in [0.05, 0.1) is 0 Å². The first-order valence-electron chi connectivity index (χ1n) is 6.69. The lowest BCUT2D eigenvalue weighted by Gasteiger charge is -2.24. The zero-order chi connectivity index (χ0) is 15.1. The van der Waals surface area contributed by atoms with Crippen molar-refractivity contribution in [1.82, 2.24) is 5.32 Å². The molecular weight excluding hydrogens is 252 g/mol. The van der Waals surface area contributed by atoms with Crippen LogP contribution in [0.4, 0.5) is 5.69 Å². The molecule has 0 saturated carbocycles. The highest BCUT2D eigenvalue weighted by Crippen LogP contribution is 2.24. The monoisotopic (exact) mass is 274 g/mol. The van der Waals surface area contributed by atoms with E-state index in [4.69, 9.17) is 0 Å². The minimum absolute atomic E-state index is 0.0566. The predicted molar refractivity (Wildman–Crippen MR) is 81.8 cm³/mol. The topological polar surface area (TPSA) is 49.4 Å². The average molecular weight is 274 g/mol. The van der Waals surface area contributed by atoms with Gasteiger partial charge in [0.25, 0.3) is 0 Å². The Morgan fingerprint density at radius 3 is 2.40 bits per heavy atom. The zero-order valence-electron chi connectivity index (χ0n) is 12.4. The molecule has 1 aromatic carbocycles. The van der Waals surface area contributed by atoms with Crippen molar-refractivity contribution >= 4 is 17.5 Å². The third kappa shape index (κ3) is 4.23. The maximum Gasteiger partial charge on any atom is 0.223 e. The molecule has 4 heteroatoms. The highest BCUT2D eigenvalue weighted by molar-refractivity contribution is 5.94. The summed E-state index contributed by atoms with van der Waals surface area (Å²) in [5.74, 6) is -0.138. The summed E-state index contributed by atoms with van der Waals surface area (Å²) in [6.07, 6.45) is 1.91. The summed E-state index contributed by atoms with van der Waals surface area (Å²) >= 11 is 0. The zero-order valence-corrected chi connectivity index (χ0v) is 12.4. The molecule has 0 aliphatic carbocycles. The fraction of sp³-hybridized carbons (Fsp3) is 0.375. The predicted octanol–water partition coefficient (Wildman–Crippen LogP) is 2.35. The molecule has 0 aliphatic rings. The van der Waals surface area contributed by atoms with E-state index in [1.807, 2.05) is 32.0 Å². The van der Waals surface area contributed by atoms with Crippen LogP contribution in [-0.4, -0.2) is 24.9 Å². The molecule has 2 amide bonds. The molecule has 0 heterocycles. The van der Waals surface area contributed by atoms with E-state index >= 15 is 0 Å². The number of aryl methyl sites for hydroxylation is 2. The van der Waals surface area contributed by atoms with Crippen molar-refractivity contribution in [3.05, 3.63) is 42.0 Å². The molecule has 1 rings (SSSR count). The van der Waals surface area contributed by atoms with Gasteiger partial charge < -0.3 is 10.2 Å². The SMILES string of the molecule is C=CCNC(=O)CCN(C(C)=O)c1c(C)cccc1C. The van der Waals surface area contributed by atoms with Crippen LogP contribution in [-0.2, 0) is 9.59 Å². The molecule has 0 atom stereocenters. The van der Waals surface area contributed by atoms with Crippen molar-refractivity contribution in [3.8, 4) is 0 Å². The van der Waals surface area contributed by atoms with Gasteiger partial charge in [0.2, 0.25) is 11.8 Å². The van der Waals surface area contributed by atoms with Crippen molar-refractivity contribution in [2.24, 2.45) is 0 Å². The molecule has 0 fully saturated rings. The molecule has 0 radical (unpaired) electrons. The number of hydrogen-bond acceptors (Lipinski definition) is 2. The first-order chi connectivity index (χ1) is 9.47. The third-order valence-electron chi connectivity index (χ3n) is 3.10. The van der Waals surface area contributed by atoms with Crippen LogP contribution >= 0.6 is 0 Å². The molecule has 0 aromatic heterocycles. The highest BCUT2D eigenvalue weighted by Gasteiger charge is 2.16. The molecule has 1 N–H and O–H groups in total. The molecule has 0 saturated heterocycles. The van der Waals surface area contributed by atoms with Gasteiger partial charge in [0.15, 0.2) is 0 Å². The standard InChI is InChI=1S/C16H22N2O2/c1-5-10-17-15(20)9-11-18(14(4)19)16-12(2)7-6-8-13(16)3/h5-8H,1,9-11H2,2-4H3,(H,17,20). The molecule has 0 unspecified atom stereocenters. The van der Waals surface area contributed by atoms with E-state index in [0.717, 1.165) is 16.8 Å². The fourth-order valence-corrected chi connectivity index (χ4v) is 2.15. The Hall–Kier alpha value is -2.10. The fourth-order valence-electron chi connectivity index (χ4n) is 2.15. The van der Waals surface area contributed by atoms with Crippen LogP contribution in [0.1, 0.15) is 24.5 Å². The van der Waals surface area contributed by atoms with Crippen LogP contribution in [0.15, 0.2) is 30.9 Å². The maximum absolute atomic E-state index is 11.9. The number of anilines is 1. The van der Waals surface area contributed by atoms with Crippen LogP contribution in [0.2, 0.25) is 0 Å². The van der Waals surface area contributed by atoms with Gasteiger partial charge in [0, 0.05) is 32.1 Å². The minimum atomic E-state index is -0.0811. The van der Waals surface area contributed by atoms with E-state index in [9.17, 15) is 9.59 Å². The highest BCUT2D eigenvalue weighted by atomic mass is 16.2. The summed E-state index contributed by atoms with van der Waals surface area (Å²) in [6, 6.07) is 5.90. The Balaban J connectivity index is 2.83. The van der Waals surface area contributed by atoms with Crippen molar-refractivity contribution in [1.29, 1.82) is 0 Å². The van der Waals surface area contributed by atoms with Gasteiger partial charge in [-0.1, -0.05) is 24.3 Å². The smallest absolute Gasteiger partial charge is 0.223 e. The van der Waals surface area contributed by atoms with Crippen molar-refractivity contribution in [2.75, 3.05) is 18.0 Å². The van der Waals surface area contributed by atoms with Gasteiger partial charge in [0.1, 0.15) is 0 Å². The number of nitrogens with zero attached hydrogens (tertiary/aromatic N) is 1. The van der Waals surface area contributed by atoms with Gasteiger partial charge in [-0.05, 0) is 25.0 Å². The molecule has 4 nitrogen and oxygen atoms in total. The lowest BCUT2D eigenvalue weighted by Crippen LogP contribution is -2.34. The lowest BCUT2D eigenvalue weighted by molar-refractivity contribution is -0.120. The van der Waals surface area contributed by atoms with Crippen LogP contribution in [0.5, 0.6) is 0 Å². The summed E-state index contributed by atoms with van der Waals surface area (Å²) < 4.78 is 0. The Morgan fingerprint density at radius 2 is 1.90 bits per heavy atom. The molecule has 0 spiro atoms. The Kier molecular flexibility index (Phi) is 5.97. The number of rotatable bonds is 6. The quantitative estimate of drug-likeness (QED) is 0.810. The second-order valence-corrected chi connectivity index (χ2v) is 4.75. The van der Waals surface area contributed by atoms with E-state index in [1.54, 1.807) is 11.0 Å². The van der Waals surface area contributed by atoms with Gasteiger partial charge in [-0.15, -0.1) is 6.58 Å². The van der Waals surface area contributed by atoms with E-state index < -0.39 is 0 Å². The molecule has 0 bridgehead atoms. The van der Waals surface area contributed by atoms with Crippen molar-refractivity contribution < 1.29 is 9.59 Å². The molecule has 0 aliphatic heterocycles. The normalized spacial score (nSPS) is 9.95. The van der Waals surface area contributed by atoms with Crippen LogP contribution < -0.4 is 10.2 Å². The first kappa shape index (κ1) is 16.0. The van der Waals surface area contributed by atoms with E-state index in [0.29, 0.717) is 13.1 Å². The number of carbonyl (C=O) groups is 2. The third-order valence-corrected chi connectivity index (χ3v) is 3.10. The van der Waals surface area contributed by atoms with E-state index in [2.05, 4.69) is 11.9 Å². The Morgan fingerprint density at radius 1 is 1.30 bits per heavy atom. The van der Waals surface area contributed by atoms with Crippen LogP contribution in [0, 0.1) is 13.8 Å². The molecular formula is C16H22N2O2. The van der Waals surface area contributed by atoms with Crippen LogP contribution in [0.3, 0.4) is 0 Å². The van der Waals surface area contributed by atoms with Gasteiger partial charge in [-0.2, -0.15) is 0 Å². The number of nitrogens with one attached hydrogen (secondary N) is 1. The van der Waals surface area contributed by atoms with Crippen LogP contribution in [0.25, 0.3) is 0 Å². The summed E-state index contributed by atoms with van der Waals surface area (Å²) in [7, 11) is 0. The number of carbonyl (C=O) groups excluding carboxylic acids is 2. The molecule has 1 aromatic rings. The number of benzene rings is 1. The number of amides is 2. The lowest BCUT2D eigenvalue weighted by atomic mass is 10.1. The summed E-state index contributed by atoms with van der Waals surface area (Å²) in [5, 5.41) is 2.71. The Bertz CT molecular complexity index is 489. The first-order valence-corrected chi connectivity index (χ1v) is 6.69. The van der Waals surface area contributed by atoms with Crippen molar-refractivity contribution in [3.63, 3.8) is 0 Å². The van der Waals surface area contributed by atoms with E-state index in [-0.39, 0.29) is 18.2 Å². The van der Waals surface area contributed by atoms with E-state index in [1.165, 1.54) is 6.92 Å².